The van der Waals surface area contributed by atoms with Gasteiger partial charge in [-0.3, -0.25) is 4.79 Å². The molecule has 0 unspecified atom stereocenters. The van der Waals surface area contributed by atoms with Gasteiger partial charge in [-0.1, -0.05) is 23.4 Å². The minimum absolute atomic E-state index is 0.0618. The van der Waals surface area contributed by atoms with Crippen molar-refractivity contribution < 1.29 is 10.0 Å². The van der Waals surface area contributed by atoms with Gasteiger partial charge in [0.1, 0.15) is 0 Å². The smallest absolute Gasteiger partial charge is 0.260 e. The van der Waals surface area contributed by atoms with Crippen molar-refractivity contribution in [3.8, 4) is 0 Å². The number of para-hydroxylation sites is 1. The van der Waals surface area contributed by atoms with E-state index in [1.165, 1.54) is 11.3 Å². The fourth-order valence-electron chi connectivity index (χ4n) is 2.37. The van der Waals surface area contributed by atoms with E-state index in [9.17, 15) is 4.79 Å². The molecule has 4 nitrogen and oxygen atoms in total. The highest BCUT2D eigenvalue weighted by atomic mass is 79.9. The van der Waals surface area contributed by atoms with Gasteiger partial charge in [-0.2, -0.15) is 0 Å². The number of amides is 1. The number of thiophene rings is 1. The van der Waals surface area contributed by atoms with Crippen LogP contribution in [0.3, 0.4) is 0 Å². The highest BCUT2D eigenvalue weighted by Crippen LogP contribution is 2.35. The standard InChI is InChI=1S/C14H10Br2N2O2S/c15-12-7-9(13(16)21-12)14(19)18-6-5-10(17-20)8-3-1-2-4-11(8)18/h1-4,7,20H,5-6H2/b17-10-. The Labute approximate surface area is 142 Å². The normalized spacial score (nSPS) is 16.1. The predicted molar refractivity (Wildman–Crippen MR) is 90.8 cm³/mol. The van der Waals surface area contributed by atoms with Crippen molar-refractivity contribution in [3.63, 3.8) is 0 Å². The van der Waals surface area contributed by atoms with Crippen LogP contribution in [0.25, 0.3) is 0 Å². The lowest BCUT2D eigenvalue weighted by Crippen LogP contribution is -2.37. The first kappa shape index (κ1) is 14.7. The molecule has 0 fully saturated rings. The number of halogens is 2. The number of anilines is 1. The molecule has 21 heavy (non-hydrogen) atoms. The van der Waals surface area contributed by atoms with Gasteiger partial charge in [-0.25, -0.2) is 0 Å². The molecule has 1 aliphatic heterocycles. The molecule has 1 aromatic heterocycles. The van der Waals surface area contributed by atoms with Crippen LogP contribution < -0.4 is 4.90 Å². The van der Waals surface area contributed by atoms with E-state index < -0.39 is 0 Å². The van der Waals surface area contributed by atoms with Crippen molar-refractivity contribution >= 4 is 60.5 Å². The maximum atomic E-state index is 12.8. The molecule has 1 aromatic carbocycles. The summed E-state index contributed by atoms with van der Waals surface area (Å²) in [6.45, 7) is 0.495. The zero-order valence-electron chi connectivity index (χ0n) is 10.7. The SMILES string of the molecule is O=C(c1cc(Br)sc1Br)N1CC/C(=N/O)c2ccccc21. The van der Waals surface area contributed by atoms with Crippen LogP contribution in [0.2, 0.25) is 0 Å². The van der Waals surface area contributed by atoms with Gasteiger partial charge in [0.2, 0.25) is 0 Å². The summed E-state index contributed by atoms with van der Waals surface area (Å²) >= 11 is 8.29. The Kier molecular flexibility index (Phi) is 4.14. The van der Waals surface area contributed by atoms with Gasteiger partial charge in [-0.15, -0.1) is 11.3 Å². The lowest BCUT2D eigenvalue weighted by atomic mass is 9.99. The molecule has 1 N–H and O–H groups in total. The Bertz CT molecular complexity index is 742. The second-order valence-corrected chi connectivity index (χ2v) is 8.26. The van der Waals surface area contributed by atoms with Gasteiger partial charge < -0.3 is 10.1 Å². The van der Waals surface area contributed by atoms with E-state index >= 15 is 0 Å². The molecule has 0 bridgehead atoms. The number of nitrogens with zero attached hydrogens (tertiary/aromatic N) is 2. The van der Waals surface area contributed by atoms with Crippen molar-refractivity contribution in [2.45, 2.75) is 6.42 Å². The summed E-state index contributed by atoms with van der Waals surface area (Å²) in [7, 11) is 0. The van der Waals surface area contributed by atoms with Crippen molar-refractivity contribution in [2.24, 2.45) is 5.16 Å². The number of oxime groups is 1. The summed E-state index contributed by atoms with van der Waals surface area (Å²) in [5.41, 5.74) is 2.81. The number of hydrogen-bond donors (Lipinski definition) is 1. The van der Waals surface area contributed by atoms with Crippen molar-refractivity contribution in [1.82, 2.24) is 0 Å². The van der Waals surface area contributed by atoms with E-state index in [2.05, 4.69) is 37.0 Å². The summed E-state index contributed by atoms with van der Waals surface area (Å²) < 4.78 is 1.71. The van der Waals surface area contributed by atoms with Crippen molar-refractivity contribution in [2.75, 3.05) is 11.4 Å². The predicted octanol–water partition coefficient (Wildman–Crippen LogP) is 4.50. The van der Waals surface area contributed by atoms with E-state index in [4.69, 9.17) is 5.21 Å². The maximum absolute atomic E-state index is 12.8. The lowest BCUT2D eigenvalue weighted by Gasteiger charge is -2.29. The average Bonchev–Trinajstić information content (AvgIpc) is 2.84. The maximum Gasteiger partial charge on any atom is 0.260 e. The Morgan fingerprint density at radius 3 is 2.76 bits per heavy atom. The van der Waals surface area contributed by atoms with Crippen LogP contribution in [-0.4, -0.2) is 23.4 Å². The molecule has 0 aliphatic carbocycles. The van der Waals surface area contributed by atoms with Crippen molar-refractivity contribution in [1.29, 1.82) is 0 Å². The number of benzene rings is 1. The summed E-state index contributed by atoms with van der Waals surface area (Å²) in [6.07, 6.45) is 0.530. The third-order valence-corrected chi connectivity index (χ3v) is 5.67. The number of carbonyl (C=O) groups excluding carboxylic acids is 1. The van der Waals surface area contributed by atoms with Crippen LogP contribution in [0.4, 0.5) is 5.69 Å². The van der Waals surface area contributed by atoms with Gasteiger partial charge in [0, 0.05) is 18.5 Å². The third kappa shape index (κ3) is 2.65. The summed E-state index contributed by atoms with van der Waals surface area (Å²) in [4.78, 5) is 14.5. The second kappa shape index (κ2) is 5.90. The van der Waals surface area contributed by atoms with Crippen LogP contribution in [0.15, 0.2) is 43.1 Å². The van der Waals surface area contributed by atoms with Crippen LogP contribution in [0.1, 0.15) is 22.3 Å². The van der Waals surface area contributed by atoms with E-state index in [0.717, 1.165) is 18.8 Å². The molecule has 108 valence electrons. The first-order valence-corrected chi connectivity index (χ1v) is 8.59. The molecule has 3 rings (SSSR count). The Balaban J connectivity index is 2.04. The Hall–Kier alpha value is -1.18. The molecule has 0 radical (unpaired) electrons. The van der Waals surface area contributed by atoms with Gasteiger partial charge in [-0.05, 0) is 44.0 Å². The van der Waals surface area contributed by atoms with E-state index in [1.807, 2.05) is 30.3 Å². The number of rotatable bonds is 1. The van der Waals surface area contributed by atoms with Gasteiger partial charge >= 0.3 is 0 Å². The molecule has 1 aliphatic rings. The molecule has 7 heteroatoms. The van der Waals surface area contributed by atoms with Gasteiger partial charge in [0.25, 0.3) is 5.91 Å². The van der Waals surface area contributed by atoms with Crippen LogP contribution in [0.5, 0.6) is 0 Å². The minimum Gasteiger partial charge on any atom is -0.411 e. The molecule has 2 heterocycles. The zero-order chi connectivity index (χ0) is 15.0. The summed E-state index contributed by atoms with van der Waals surface area (Å²) in [5.74, 6) is -0.0618. The Morgan fingerprint density at radius 2 is 2.10 bits per heavy atom. The molecule has 0 atom stereocenters. The first-order chi connectivity index (χ1) is 10.1. The molecule has 2 aromatic rings. The molecule has 1 amide bonds. The molecular weight excluding hydrogens is 420 g/mol. The Morgan fingerprint density at radius 1 is 1.33 bits per heavy atom. The summed E-state index contributed by atoms with van der Waals surface area (Å²) in [6, 6.07) is 9.29. The minimum atomic E-state index is -0.0618. The van der Waals surface area contributed by atoms with Crippen LogP contribution in [-0.2, 0) is 0 Å². The van der Waals surface area contributed by atoms with Gasteiger partial charge in [0.15, 0.2) is 0 Å². The summed E-state index contributed by atoms with van der Waals surface area (Å²) in [5, 5.41) is 12.4. The quantitative estimate of drug-likeness (QED) is 0.535. The molecule has 0 saturated heterocycles. The third-order valence-electron chi connectivity index (χ3n) is 3.33. The van der Waals surface area contributed by atoms with E-state index in [-0.39, 0.29) is 5.91 Å². The number of carbonyl (C=O) groups is 1. The molecule has 0 saturated carbocycles. The highest BCUT2D eigenvalue weighted by molar-refractivity contribution is 9.12. The number of hydrogen-bond acceptors (Lipinski definition) is 4. The monoisotopic (exact) mass is 428 g/mol. The first-order valence-electron chi connectivity index (χ1n) is 6.19. The molecule has 0 spiro atoms. The number of fused-ring (bicyclic) bond motifs is 1. The van der Waals surface area contributed by atoms with Crippen LogP contribution >= 0.6 is 43.2 Å². The average molecular weight is 430 g/mol. The van der Waals surface area contributed by atoms with E-state index in [0.29, 0.717) is 24.2 Å². The topological polar surface area (TPSA) is 52.9 Å². The fourth-order valence-corrected chi connectivity index (χ4v) is 5.15. The zero-order valence-corrected chi connectivity index (χ0v) is 14.7. The molecular formula is C14H10Br2N2O2S. The second-order valence-electron chi connectivity index (χ2n) is 4.51. The van der Waals surface area contributed by atoms with Crippen molar-refractivity contribution in [3.05, 3.63) is 49.0 Å². The van der Waals surface area contributed by atoms with Crippen LogP contribution in [0, 0.1) is 0 Å². The fraction of sp³-hybridized carbons (Fsp3) is 0.143. The highest BCUT2D eigenvalue weighted by Gasteiger charge is 2.28. The largest absolute Gasteiger partial charge is 0.411 e. The lowest BCUT2D eigenvalue weighted by molar-refractivity contribution is 0.0986. The van der Waals surface area contributed by atoms with Gasteiger partial charge in [0.05, 0.1) is 24.5 Å². The van der Waals surface area contributed by atoms with E-state index in [1.54, 1.807) is 4.90 Å².